The van der Waals surface area contributed by atoms with Crippen LogP contribution >= 0.6 is 11.8 Å². The Balaban J connectivity index is 1.03. The van der Waals surface area contributed by atoms with Crippen LogP contribution in [0, 0.1) is 0 Å². The summed E-state index contributed by atoms with van der Waals surface area (Å²) in [5.74, 6) is 0. The highest BCUT2D eigenvalue weighted by Crippen LogP contribution is 2.56. The van der Waals surface area contributed by atoms with Crippen molar-refractivity contribution in [1.29, 1.82) is 0 Å². The number of fused-ring (bicyclic) bond motifs is 11. The summed E-state index contributed by atoms with van der Waals surface area (Å²) < 4.78 is 4.68. The molecule has 0 spiro atoms. The molecule has 2 atom stereocenters. The summed E-state index contributed by atoms with van der Waals surface area (Å²) in [6.07, 6.45) is 4.44. The van der Waals surface area contributed by atoms with Crippen LogP contribution in [0.2, 0.25) is 0 Å². The fraction of sp³-hybridized carbons (Fsp3) is 0.0392. The number of nitrogens with zero attached hydrogens (tertiary/aromatic N) is 4. The molecule has 12 rings (SSSR count). The molecule has 4 nitrogen and oxygen atoms in total. The summed E-state index contributed by atoms with van der Waals surface area (Å²) in [6.45, 7) is 0. The van der Waals surface area contributed by atoms with E-state index in [9.17, 15) is 0 Å². The Morgan fingerprint density at radius 1 is 0.429 bits per heavy atom. The molecule has 2 aromatic heterocycles. The van der Waals surface area contributed by atoms with Crippen molar-refractivity contribution in [1.82, 2.24) is 9.13 Å². The monoisotopic (exact) mass is 734 g/mol. The molecule has 0 radical (unpaired) electrons. The van der Waals surface area contributed by atoms with Gasteiger partial charge in [0, 0.05) is 62.4 Å². The highest BCUT2D eigenvalue weighted by atomic mass is 32.2. The van der Waals surface area contributed by atoms with Gasteiger partial charge in [0.05, 0.1) is 11.0 Å². The number of thioether (sulfide) groups is 1. The number of aliphatic imine (C=N–C) groups is 1. The second kappa shape index (κ2) is 12.4. The summed E-state index contributed by atoms with van der Waals surface area (Å²) in [5, 5.41) is 8.75. The van der Waals surface area contributed by atoms with Gasteiger partial charge in [-0.2, -0.15) is 0 Å². The van der Waals surface area contributed by atoms with Crippen LogP contribution in [-0.4, -0.2) is 19.6 Å². The van der Waals surface area contributed by atoms with Gasteiger partial charge >= 0.3 is 0 Å². The standard InChI is InChI=1S/C51H34N4S/c1-5-13-33(14-6-1)50-52-47-46-40-24-21-34(31-36(40)23-26-45(46)55(51(47)56-50)39-19-11-4-12-20-39)35-22-25-41-44(32-35)42-27-29-53(37-15-7-2-8-16-37)49(42)43-28-30-54(48(41)43)38-17-9-3-10-18-38/h1-32,47,51H. The molecule has 0 saturated heterocycles. The Bertz CT molecular complexity index is 3170. The molecule has 0 amide bonds. The molecule has 5 heteroatoms. The van der Waals surface area contributed by atoms with E-state index in [2.05, 4.69) is 208 Å². The number of para-hydroxylation sites is 3. The maximum Gasteiger partial charge on any atom is 0.113 e. The third-order valence-corrected chi connectivity index (χ3v) is 12.9. The molecule has 264 valence electrons. The van der Waals surface area contributed by atoms with Crippen molar-refractivity contribution in [2.75, 3.05) is 4.90 Å². The Hall–Kier alpha value is -6.82. The van der Waals surface area contributed by atoms with Crippen LogP contribution in [0.3, 0.4) is 0 Å². The highest BCUT2D eigenvalue weighted by molar-refractivity contribution is 8.15. The SMILES string of the molecule is c1ccc(C2=NC3c4c(ccc5cc(-c6ccc7c(c6)c6ccn(-c8ccccc8)c6c6ccn(-c8ccccc8)c76)ccc45)N(c4ccccc4)C3S2)cc1. The Morgan fingerprint density at radius 2 is 0.982 bits per heavy atom. The average molecular weight is 735 g/mol. The summed E-state index contributed by atoms with van der Waals surface area (Å²) in [6, 6.07) is 66.0. The van der Waals surface area contributed by atoms with Gasteiger partial charge in [0.2, 0.25) is 0 Å². The number of aromatic nitrogens is 2. The quantitative estimate of drug-likeness (QED) is 0.176. The molecule has 4 heterocycles. The predicted molar refractivity (Wildman–Crippen MR) is 236 cm³/mol. The Kier molecular flexibility index (Phi) is 6.95. The normalized spacial score (nSPS) is 16.2. The Morgan fingerprint density at radius 3 is 1.64 bits per heavy atom. The third kappa shape index (κ3) is 4.71. The van der Waals surface area contributed by atoms with E-state index in [1.54, 1.807) is 0 Å². The fourth-order valence-corrected chi connectivity index (χ4v) is 10.5. The molecule has 2 aliphatic heterocycles. The maximum atomic E-state index is 5.44. The van der Waals surface area contributed by atoms with Crippen molar-refractivity contribution in [3.05, 3.63) is 206 Å². The smallest absolute Gasteiger partial charge is 0.113 e. The van der Waals surface area contributed by atoms with Crippen molar-refractivity contribution >= 4 is 71.5 Å². The first kappa shape index (κ1) is 31.5. The summed E-state index contributed by atoms with van der Waals surface area (Å²) in [4.78, 5) is 7.94. The maximum absolute atomic E-state index is 5.44. The number of hydrogen-bond donors (Lipinski definition) is 0. The molecule has 0 fully saturated rings. The minimum absolute atomic E-state index is 0.0332. The predicted octanol–water partition coefficient (Wildman–Crippen LogP) is 13.3. The molecule has 0 N–H and O–H groups in total. The van der Waals surface area contributed by atoms with E-state index < -0.39 is 0 Å². The zero-order valence-electron chi connectivity index (χ0n) is 30.3. The van der Waals surface area contributed by atoms with E-state index >= 15 is 0 Å². The topological polar surface area (TPSA) is 25.5 Å². The van der Waals surface area contributed by atoms with Crippen molar-refractivity contribution < 1.29 is 0 Å². The zero-order valence-corrected chi connectivity index (χ0v) is 31.1. The minimum Gasteiger partial charge on any atom is -0.326 e. The van der Waals surface area contributed by atoms with Crippen LogP contribution in [0.5, 0.6) is 0 Å². The van der Waals surface area contributed by atoms with Gasteiger partial charge in [0.15, 0.2) is 0 Å². The number of benzene rings is 8. The van der Waals surface area contributed by atoms with Crippen molar-refractivity contribution in [3.8, 4) is 22.5 Å². The number of rotatable bonds is 5. The van der Waals surface area contributed by atoms with Gasteiger partial charge in [0.25, 0.3) is 0 Å². The zero-order chi connectivity index (χ0) is 36.7. The van der Waals surface area contributed by atoms with E-state index in [0.717, 1.165) is 16.4 Å². The van der Waals surface area contributed by atoms with E-state index in [-0.39, 0.29) is 11.4 Å². The van der Waals surface area contributed by atoms with Crippen molar-refractivity contribution in [2.24, 2.45) is 4.99 Å². The lowest BCUT2D eigenvalue weighted by Crippen LogP contribution is -2.24. The minimum atomic E-state index is 0.0332. The van der Waals surface area contributed by atoms with Crippen LogP contribution in [-0.2, 0) is 0 Å². The molecule has 2 unspecified atom stereocenters. The molecule has 10 aromatic rings. The van der Waals surface area contributed by atoms with E-state index in [1.807, 2.05) is 11.8 Å². The molecule has 0 saturated carbocycles. The number of anilines is 2. The molecule has 56 heavy (non-hydrogen) atoms. The molecule has 2 aliphatic rings. The van der Waals surface area contributed by atoms with E-state index in [0.29, 0.717) is 0 Å². The first-order chi connectivity index (χ1) is 27.8. The van der Waals surface area contributed by atoms with Crippen LogP contribution in [0.25, 0.3) is 65.9 Å². The summed E-state index contributed by atoms with van der Waals surface area (Å²) in [7, 11) is 0. The lowest BCUT2D eigenvalue weighted by Gasteiger charge is -2.26. The van der Waals surface area contributed by atoms with Gasteiger partial charge in [-0.15, -0.1) is 0 Å². The van der Waals surface area contributed by atoms with Gasteiger partial charge in [-0.3, -0.25) is 4.99 Å². The highest BCUT2D eigenvalue weighted by Gasteiger charge is 2.45. The Labute approximate surface area is 328 Å². The van der Waals surface area contributed by atoms with Crippen LogP contribution in [0.1, 0.15) is 17.2 Å². The fourth-order valence-electron chi connectivity index (χ4n) is 9.16. The van der Waals surface area contributed by atoms with Gasteiger partial charge in [0.1, 0.15) is 16.5 Å². The van der Waals surface area contributed by atoms with E-state index in [4.69, 9.17) is 4.99 Å². The van der Waals surface area contributed by atoms with Crippen LogP contribution < -0.4 is 4.90 Å². The average Bonchev–Trinajstić information content (AvgIpc) is 4.07. The molecule has 0 aliphatic carbocycles. The largest absolute Gasteiger partial charge is 0.326 e. The van der Waals surface area contributed by atoms with Gasteiger partial charge in [-0.25, -0.2) is 0 Å². The molecule has 8 aromatic carbocycles. The molecule has 0 bridgehead atoms. The van der Waals surface area contributed by atoms with Crippen LogP contribution in [0.15, 0.2) is 199 Å². The molecular formula is C51H34N4S. The lowest BCUT2D eigenvalue weighted by molar-refractivity contribution is 0.752. The van der Waals surface area contributed by atoms with Gasteiger partial charge in [-0.05, 0) is 94.0 Å². The second-order valence-electron chi connectivity index (χ2n) is 14.7. The van der Waals surface area contributed by atoms with Crippen molar-refractivity contribution in [2.45, 2.75) is 11.4 Å². The second-order valence-corrected chi connectivity index (χ2v) is 15.8. The van der Waals surface area contributed by atoms with Gasteiger partial charge in [-0.1, -0.05) is 127 Å². The lowest BCUT2D eigenvalue weighted by atomic mass is 9.94. The molecular weight excluding hydrogens is 701 g/mol. The van der Waals surface area contributed by atoms with E-state index in [1.165, 1.54) is 77.0 Å². The first-order valence-electron chi connectivity index (χ1n) is 19.2. The van der Waals surface area contributed by atoms with Crippen LogP contribution in [0.4, 0.5) is 11.4 Å². The third-order valence-electron chi connectivity index (χ3n) is 11.7. The first-order valence-corrected chi connectivity index (χ1v) is 20.1. The van der Waals surface area contributed by atoms with Crippen molar-refractivity contribution in [3.63, 3.8) is 0 Å². The van der Waals surface area contributed by atoms with Gasteiger partial charge < -0.3 is 14.0 Å². The number of hydrogen-bond acceptors (Lipinski definition) is 3. The summed E-state index contributed by atoms with van der Waals surface area (Å²) in [5.41, 5.74) is 12.1. The summed E-state index contributed by atoms with van der Waals surface area (Å²) >= 11 is 1.88.